The van der Waals surface area contributed by atoms with Gasteiger partial charge in [0, 0.05) is 34.9 Å². The van der Waals surface area contributed by atoms with Crippen LogP contribution in [0.3, 0.4) is 0 Å². The van der Waals surface area contributed by atoms with Gasteiger partial charge in [-0.25, -0.2) is 4.79 Å². The van der Waals surface area contributed by atoms with Crippen molar-refractivity contribution in [3.8, 4) is 5.75 Å². The fourth-order valence-electron chi connectivity index (χ4n) is 4.10. The van der Waals surface area contributed by atoms with Crippen LogP contribution in [0.5, 0.6) is 5.75 Å². The smallest absolute Gasteiger partial charge is 0.331 e. The number of rotatable bonds is 2. The summed E-state index contributed by atoms with van der Waals surface area (Å²) in [6, 6.07) is 16.9. The Morgan fingerprint density at radius 1 is 1.11 bits per heavy atom. The highest BCUT2D eigenvalue weighted by Crippen LogP contribution is 2.43. The van der Waals surface area contributed by atoms with Crippen LogP contribution in [0.1, 0.15) is 16.7 Å². The van der Waals surface area contributed by atoms with Crippen LogP contribution in [0.4, 0.5) is 11.4 Å². The Hall–Kier alpha value is -3.27. The second kappa shape index (κ2) is 5.88. The molecule has 2 aliphatic heterocycles. The van der Waals surface area contributed by atoms with Crippen molar-refractivity contribution in [3.63, 3.8) is 0 Å². The SMILES string of the molecule is C=C(C(=O)O)C1COc2ccc3c(c2C1)Nc1cc2ccccc2cc1C3. The normalized spacial score (nSPS) is 17.1. The number of hydrogen-bond acceptors (Lipinski definition) is 3. The molecule has 1 unspecified atom stereocenters. The van der Waals surface area contributed by atoms with Gasteiger partial charge < -0.3 is 15.2 Å². The standard InChI is InChI=1S/C23H19NO3/c1-13(23(25)26)18-10-19-21(27-12-18)7-6-16-9-17-8-14-4-2-3-5-15(14)11-20(17)24-22(16)19/h2-8,11,18,24H,1,9-10,12H2,(H,25,26). The van der Waals surface area contributed by atoms with E-state index in [1.807, 2.05) is 12.1 Å². The molecule has 0 saturated heterocycles. The molecule has 2 N–H and O–H groups in total. The minimum absolute atomic E-state index is 0.207. The summed E-state index contributed by atoms with van der Waals surface area (Å²) in [5, 5.41) is 15.3. The number of carboxylic acids is 1. The van der Waals surface area contributed by atoms with E-state index in [0.717, 1.165) is 29.1 Å². The highest BCUT2D eigenvalue weighted by atomic mass is 16.5. The van der Waals surface area contributed by atoms with E-state index in [4.69, 9.17) is 4.74 Å². The van der Waals surface area contributed by atoms with E-state index in [-0.39, 0.29) is 11.5 Å². The van der Waals surface area contributed by atoms with Gasteiger partial charge in [-0.3, -0.25) is 0 Å². The van der Waals surface area contributed by atoms with Crippen LogP contribution in [-0.2, 0) is 17.6 Å². The summed E-state index contributed by atoms with van der Waals surface area (Å²) in [6.45, 7) is 4.09. The minimum Gasteiger partial charge on any atom is -0.493 e. The maximum Gasteiger partial charge on any atom is 0.331 e. The largest absolute Gasteiger partial charge is 0.493 e. The van der Waals surface area contributed by atoms with Crippen molar-refractivity contribution in [1.29, 1.82) is 0 Å². The molecular formula is C23H19NO3. The molecule has 0 amide bonds. The summed E-state index contributed by atoms with van der Waals surface area (Å²) in [7, 11) is 0. The van der Waals surface area contributed by atoms with E-state index in [9.17, 15) is 9.90 Å². The number of anilines is 2. The van der Waals surface area contributed by atoms with Gasteiger partial charge in [-0.2, -0.15) is 0 Å². The van der Waals surface area contributed by atoms with Gasteiger partial charge >= 0.3 is 5.97 Å². The lowest BCUT2D eigenvalue weighted by atomic mass is 9.86. The molecule has 134 valence electrons. The molecule has 3 aromatic rings. The number of nitrogens with one attached hydrogen (secondary N) is 1. The quantitative estimate of drug-likeness (QED) is 0.512. The topological polar surface area (TPSA) is 58.6 Å². The van der Waals surface area contributed by atoms with E-state index in [2.05, 4.69) is 48.3 Å². The molecule has 1 atom stereocenters. The van der Waals surface area contributed by atoms with E-state index in [1.165, 1.54) is 21.9 Å². The zero-order valence-electron chi connectivity index (χ0n) is 14.8. The lowest BCUT2D eigenvalue weighted by Crippen LogP contribution is -2.26. The molecule has 2 aliphatic rings. The summed E-state index contributed by atoms with van der Waals surface area (Å²) in [6.07, 6.45) is 1.47. The molecule has 0 spiro atoms. The number of carbonyl (C=O) groups is 1. The molecule has 0 fully saturated rings. The maximum absolute atomic E-state index is 11.3. The van der Waals surface area contributed by atoms with Gasteiger partial charge in [-0.05, 0) is 46.5 Å². The molecule has 0 radical (unpaired) electrons. The summed E-state index contributed by atoms with van der Waals surface area (Å²) in [5.74, 6) is -0.331. The molecule has 0 aromatic heterocycles. The second-order valence-electron chi connectivity index (χ2n) is 7.28. The molecule has 0 aliphatic carbocycles. The Morgan fingerprint density at radius 3 is 2.67 bits per heavy atom. The molecule has 4 heteroatoms. The fourth-order valence-corrected chi connectivity index (χ4v) is 4.10. The van der Waals surface area contributed by atoms with Crippen LogP contribution in [0.2, 0.25) is 0 Å². The average molecular weight is 357 g/mol. The summed E-state index contributed by atoms with van der Waals surface area (Å²) < 4.78 is 5.87. The zero-order valence-corrected chi connectivity index (χ0v) is 14.8. The van der Waals surface area contributed by atoms with Gasteiger partial charge in [-0.1, -0.05) is 36.9 Å². The third-order valence-electron chi connectivity index (χ3n) is 5.63. The van der Waals surface area contributed by atoms with Gasteiger partial charge in [0.05, 0.1) is 6.61 Å². The molecule has 27 heavy (non-hydrogen) atoms. The van der Waals surface area contributed by atoms with Gasteiger partial charge in [0.2, 0.25) is 0 Å². The van der Waals surface area contributed by atoms with Crippen LogP contribution in [0, 0.1) is 5.92 Å². The Bertz CT molecular complexity index is 1120. The fraction of sp³-hybridized carbons (Fsp3) is 0.174. The Balaban J connectivity index is 1.56. The van der Waals surface area contributed by atoms with Crippen LogP contribution >= 0.6 is 0 Å². The number of fused-ring (bicyclic) bond motifs is 5. The van der Waals surface area contributed by atoms with E-state index < -0.39 is 5.97 Å². The molecule has 5 rings (SSSR count). The van der Waals surface area contributed by atoms with Crippen molar-refractivity contribution in [2.45, 2.75) is 12.8 Å². The van der Waals surface area contributed by atoms with Crippen LogP contribution in [0.25, 0.3) is 10.8 Å². The lowest BCUT2D eigenvalue weighted by Gasteiger charge is -2.31. The first-order valence-corrected chi connectivity index (χ1v) is 9.08. The zero-order chi connectivity index (χ0) is 18.5. The van der Waals surface area contributed by atoms with E-state index >= 15 is 0 Å². The highest BCUT2D eigenvalue weighted by Gasteiger charge is 2.29. The van der Waals surface area contributed by atoms with Crippen LogP contribution in [0.15, 0.2) is 60.7 Å². The van der Waals surface area contributed by atoms with Crippen molar-refractivity contribution >= 4 is 28.1 Å². The summed E-state index contributed by atoms with van der Waals surface area (Å²) in [4.78, 5) is 11.3. The molecule has 0 bridgehead atoms. The first kappa shape index (κ1) is 15.9. The Labute approximate surface area is 157 Å². The van der Waals surface area contributed by atoms with Crippen molar-refractivity contribution < 1.29 is 14.6 Å². The molecule has 0 saturated carbocycles. The summed E-state index contributed by atoms with van der Waals surface area (Å²) >= 11 is 0. The number of benzene rings is 3. The lowest BCUT2D eigenvalue weighted by molar-refractivity contribution is -0.133. The molecule has 3 aromatic carbocycles. The van der Waals surface area contributed by atoms with Crippen molar-refractivity contribution in [2.75, 3.05) is 11.9 Å². The number of ether oxygens (including phenoxy) is 1. The molecule has 4 nitrogen and oxygen atoms in total. The third-order valence-corrected chi connectivity index (χ3v) is 5.63. The van der Waals surface area contributed by atoms with Gasteiger partial charge in [0.1, 0.15) is 5.75 Å². The number of aliphatic carboxylic acids is 1. The Morgan fingerprint density at radius 2 is 1.89 bits per heavy atom. The van der Waals surface area contributed by atoms with E-state index in [1.54, 1.807) is 0 Å². The first-order chi connectivity index (χ1) is 13.1. The first-order valence-electron chi connectivity index (χ1n) is 9.08. The monoisotopic (exact) mass is 357 g/mol. The predicted molar refractivity (Wildman–Crippen MR) is 106 cm³/mol. The van der Waals surface area contributed by atoms with Gasteiger partial charge in [0.25, 0.3) is 0 Å². The van der Waals surface area contributed by atoms with Gasteiger partial charge in [0.15, 0.2) is 0 Å². The Kier molecular flexibility index (Phi) is 3.47. The van der Waals surface area contributed by atoms with Crippen LogP contribution in [-0.4, -0.2) is 17.7 Å². The van der Waals surface area contributed by atoms with Crippen molar-refractivity contribution in [2.24, 2.45) is 5.92 Å². The van der Waals surface area contributed by atoms with Crippen molar-refractivity contribution in [3.05, 3.63) is 77.4 Å². The average Bonchev–Trinajstić information content (AvgIpc) is 2.69. The van der Waals surface area contributed by atoms with Crippen molar-refractivity contribution in [1.82, 2.24) is 0 Å². The second-order valence-corrected chi connectivity index (χ2v) is 7.28. The summed E-state index contributed by atoms with van der Waals surface area (Å²) in [5.41, 5.74) is 5.89. The third kappa shape index (κ3) is 2.56. The van der Waals surface area contributed by atoms with E-state index in [0.29, 0.717) is 13.0 Å². The molecular weight excluding hydrogens is 338 g/mol. The van der Waals surface area contributed by atoms with Crippen LogP contribution < -0.4 is 10.1 Å². The number of hydrogen-bond donors (Lipinski definition) is 2. The minimum atomic E-state index is -0.957. The highest BCUT2D eigenvalue weighted by molar-refractivity contribution is 5.90. The number of carboxylic acid groups (broad SMARTS) is 1. The molecule has 2 heterocycles. The van der Waals surface area contributed by atoms with Gasteiger partial charge in [-0.15, -0.1) is 0 Å². The predicted octanol–water partition coefficient (Wildman–Crippen LogP) is 4.68. The maximum atomic E-state index is 11.3.